The summed E-state index contributed by atoms with van der Waals surface area (Å²) in [5, 5.41) is 0. The van der Waals surface area contributed by atoms with Crippen LogP contribution in [0.2, 0.25) is 0 Å². The maximum absolute atomic E-state index is 2.69. The van der Waals surface area contributed by atoms with Crippen molar-refractivity contribution in [2.24, 2.45) is 0 Å². The van der Waals surface area contributed by atoms with E-state index in [1.165, 1.54) is 117 Å². The van der Waals surface area contributed by atoms with Crippen molar-refractivity contribution in [1.29, 1.82) is 0 Å². The molecule has 0 bridgehead atoms. The van der Waals surface area contributed by atoms with Crippen molar-refractivity contribution in [3.63, 3.8) is 0 Å². The molecule has 0 aromatic heterocycles. The summed E-state index contributed by atoms with van der Waals surface area (Å²) in [6.45, 7) is 14.7. The molecule has 3 aliphatic rings. The number of hydrogen-bond donors (Lipinski definition) is 0. The number of rotatable bonds is 6. The van der Waals surface area contributed by atoms with Crippen LogP contribution in [0.25, 0.3) is 66.8 Å². The minimum absolute atomic E-state index is 0.232. The molecule has 0 N–H and O–H groups in total. The lowest BCUT2D eigenvalue weighted by atomic mass is 9.60. The van der Waals surface area contributed by atoms with Gasteiger partial charge < -0.3 is 4.90 Å². The first-order valence-corrected chi connectivity index (χ1v) is 22.8. The fraction of sp³-hybridized carbons (Fsp3) is 0.143. The van der Waals surface area contributed by atoms with E-state index in [1.54, 1.807) is 0 Å². The Hall–Kier alpha value is -7.22. The van der Waals surface area contributed by atoms with Gasteiger partial charge in [0.2, 0.25) is 0 Å². The Morgan fingerprint density at radius 3 is 0.859 bits per heavy atom. The van der Waals surface area contributed by atoms with Crippen LogP contribution >= 0.6 is 0 Å². The number of anilines is 3. The van der Waals surface area contributed by atoms with Gasteiger partial charge >= 0.3 is 0 Å². The molecule has 64 heavy (non-hydrogen) atoms. The van der Waals surface area contributed by atoms with Gasteiger partial charge in [-0.05, 0) is 124 Å². The van der Waals surface area contributed by atoms with Crippen molar-refractivity contribution >= 4 is 17.1 Å². The maximum atomic E-state index is 2.69. The Morgan fingerprint density at radius 2 is 0.500 bits per heavy atom. The van der Waals surface area contributed by atoms with E-state index < -0.39 is 0 Å². The van der Waals surface area contributed by atoms with Gasteiger partial charge in [0.15, 0.2) is 0 Å². The number of hydrogen-bond acceptors (Lipinski definition) is 1. The zero-order valence-corrected chi connectivity index (χ0v) is 37.5. The fourth-order valence-corrected chi connectivity index (χ4v) is 11.5. The second kappa shape index (κ2) is 13.9. The molecule has 1 heteroatoms. The van der Waals surface area contributed by atoms with Gasteiger partial charge in [-0.15, -0.1) is 0 Å². The Morgan fingerprint density at radius 1 is 0.234 bits per heavy atom. The molecule has 0 spiro atoms. The lowest BCUT2D eigenvalue weighted by Crippen LogP contribution is -2.43. The molecule has 9 aromatic carbocycles. The van der Waals surface area contributed by atoms with Crippen LogP contribution in [0.15, 0.2) is 200 Å². The molecule has 0 radical (unpaired) electrons. The molecule has 0 saturated heterocycles. The first-order chi connectivity index (χ1) is 31.0. The average molecular weight is 822 g/mol. The summed E-state index contributed by atoms with van der Waals surface area (Å²) in [5.74, 6) is 0. The van der Waals surface area contributed by atoms with E-state index in [2.05, 4.69) is 247 Å². The van der Waals surface area contributed by atoms with Gasteiger partial charge in [-0.25, -0.2) is 0 Å². The van der Waals surface area contributed by atoms with E-state index in [9.17, 15) is 0 Å². The second-order valence-corrected chi connectivity index (χ2v) is 19.7. The zero-order valence-electron chi connectivity index (χ0n) is 37.5. The first kappa shape index (κ1) is 38.5. The van der Waals surface area contributed by atoms with Crippen molar-refractivity contribution in [1.82, 2.24) is 0 Å². The first-order valence-electron chi connectivity index (χ1n) is 22.8. The smallest absolute Gasteiger partial charge is 0.0544 e. The van der Waals surface area contributed by atoms with Crippen molar-refractivity contribution in [2.45, 2.75) is 57.8 Å². The van der Waals surface area contributed by atoms with Gasteiger partial charge in [-0.3, -0.25) is 0 Å². The lowest BCUT2D eigenvalue weighted by molar-refractivity contribution is 0.567. The molecule has 0 aliphatic carbocycles. The summed E-state index contributed by atoms with van der Waals surface area (Å²) >= 11 is 0. The van der Waals surface area contributed by atoms with Crippen LogP contribution in [0.3, 0.4) is 0 Å². The van der Waals surface area contributed by atoms with Crippen LogP contribution in [-0.2, 0) is 16.2 Å². The number of para-hydroxylation sites is 1. The van der Waals surface area contributed by atoms with E-state index >= 15 is 0 Å². The fourth-order valence-electron chi connectivity index (χ4n) is 11.5. The summed E-state index contributed by atoms with van der Waals surface area (Å²) in [7, 11) is 0. The van der Waals surface area contributed by atoms with Crippen LogP contribution in [0.1, 0.15) is 74.9 Å². The van der Waals surface area contributed by atoms with E-state index in [0.717, 1.165) is 0 Å². The average Bonchev–Trinajstić information content (AvgIpc) is 3.33. The Labute approximate surface area is 378 Å². The van der Waals surface area contributed by atoms with Gasteiger partial charge in [0.05, 0.1) is 17.1 Å². The quantitative estimate of drug-likeness (QED) is 0.161. The molecule has 0 amide bonds. The summed E-state index contributed by atoms with van der Waals surface area (Å²) < 4.78 is 0. The summed E-state index contributed by atoms with van der Waals surface area (Å²) in [4.78, 5) is 2.69. The van der Waals surface area contributed by atoms with Gasteiger partial charge in [0.1, 0.15) is 0 Å². The van der Waals surface area contributed by atoms with Crippen LogP contribution in [-0.4, -0.2) is 0 Å². The summed E-state index contributed by atoms with van der Waals surface area (Å²) in [6.07, 6.45) is 0. The summed E-state index contributed by atoms with van der Waals surface area (Å²) in [6, 6.07) is 74.8. The van der Waals surface area contributed by atoms with Crippen molar-refractivity contribution in [3.8, 4) is 66.8 Å². The monoisotopic (exact) mass is 821 g/mol. The lowest BCUT2D eigenvalue weighted by Gasteiger charge is -2.55. The minimum atomic E-state index is -0.314. The highest BCUT2D eigenvalue weighted by Crippen LogP contribution is 2.67. The third-order valence-corrected chi connectivity index (χ3v) is 15.0. The molecule has 1 nitrogen and oxygen atoms in total. The van der Waals surface area contributed by atoms with Crippen LogP contribution < -0.4 is 4.90 Å². The van der Waals surface area contributed by atoms with Crippen molar-refractivity contribution in [2.75, 3.05) is 4.90 Å². The molecule has 3 heterocycles. The topological polar surface area (TPSA) is 3.24 Å². The Bertz CT molecular complexity index is 3090. The van der Waals surface area contributed by atoms with Crippen LogP contribution in [0.5, 0.6) is 0 Å². The predicted octanol–water partition coefficient (Wildman–Crippen LogP) is 17.1. The largest absolute Gasteiger partial charge is 0.309 e. The Balaban J connectivity index is 1.06. The Kier molecular flexibility index (Phi) is 8.35. The summed E-state index contributed by atoms with van der Waals surface area (Å²) in [5.41, 5.74) is 26.5. The molecule has 0 fully saturated rings. The minimum Gasteiger partial charge on any atom is -0.309 e. The van der Waals surface area contributed by atoms with Gasteiger partial charge in [-0.1, -0.05) is 217 Å². The molecule has 0 unspecified atom stereocenters. The molecule has 9 aromatic rings. The van der Waals surface area contributed by atoms with E-state index in [0.29, 0.717) is 0 Å². The highest BCUT2D eigenvalue weighted by atomic mass is 15.2. The van der Waals surface area contributed by atoms with E-state index in [4.69, 9.17) is 0 Å². The predicted molar refractivity (Wildman–Crippen MR) is 270 cm³/mol. The SMILES string of the molecule is CC1(C)c2cccc3c2N2c4c1cc(-c1ccccc1-c1ccc(-c5ccccc5)cc1)cc4C(C)(C)c1cc(-c4ccccc4-c4ccc(-c5ccccc5)cc4)cc(c12)C3(C)C. The molecule has 0 atom stereocenters. The molecule has 12 rings (SSSR count). The molecule has 3 aliphatic heterocycles. The zero-order chi connectivity index (χ0) is 43.5. The molecular weight excluding hydrogens is 771 g/mol. The van der Waals surface area contributed by atoms with Gasteiger partial charge in [0.25, 0.3) is 0 Å². The van der Waals surface area contributed by atoms with Crippen LogP contribution in [0, 0.1) is 0 Å². The second-order valence-electron chi connectivity index (χ2n) is 19.7. The normalized spacial score (nSPS) is 15.4. The third-order valence-electron chi connectivity index (χ3n) is 15.0. The maximum Gasteiger partial charge on any atom is 0.0544 e. The van der Waals surface area contributed by atoms with Gasteiger partial charge in [-0.2, -0.15) is 0 Å². The van der Waals surface area contributed by atoms with Crippen molar-refractivity contribution in [3.05, 3.63) is 234 Å². The van der Waals surface area contributed by atoms with Gasteiger partial charge in [0, 0.05) is 16.2 Å². The highest BCUT2D eigenvalue weighted by Gasteiger charge is 2.52. The molecule has 0 saturated carbocycles. The van der Waals surface area contributed by atoms with E-state index in [1.807, 2.05) is 0 Å². The number of benzene rings is 9. The van der Waals surface area contributed by atoms with E-state index in [-0.39, 0.29) is 16.2 Å². The standard InChI is InChI=1S/C63H51N/c1-61(2)52-26-17-27-53-58(52)64-59-54(61)36-46(50-24-15-13-22-48(50)44-32-28-42(29-33-44)40-18-9-7-10-19-40)38-56(59)63(5,6)57-39-47(37-55(60(57)64)62(53,3)4)51-25-16-14-23-49(51)45-34-30-43(31-35-45)41-20-11-8-12-21-41/h7-39H,1-6H3. The molecular formula is C63H51N. The molecule has 308 valence electrons. The number of nitrogens with zero attached hydrogens (tertiary/aromatic N) is 1. The third kappa shape index (κ3) is 5.56. The highest BCUT2D eigenvalue weighted by molar-refractivity contribution is 6.01. The van der Waals surface area contributed by atoms with Crippen LogP contribution in [0.4, 0.5) is 17.1 Å². The van der Waals surface area contributed by atoms with Crippen molar-refractivity contribution < 1.29 is 0 Å².